The van der Waals surface area contributed by atoms with Gasteiger partial charge in [0, 0.05) is 25.3 Å². The maximum absolute atomic E-state index is 12.8. The molecule has 1 amide bonds. The third kappa shape index (κ3) is 6.54. The molecule has 0 aliphatic heterocycles. The molecule has 3 N–H and O–H groups in total. The van der Waals surface area contributed by atoms with Gasteiger partial charge in [-0.05, 0) is 37.7 Å². The van der Waals surface area contributed by atoms with Crippen molar-refractivity contribution in [2.24, 2.45) is 11.7 Å². The summed E-state index contributed by atoms with van der Waals surface area (Å²) in [7, 11) is 0. The number of nitrogens with one attached hydrogen (secondary N) is 1. The number of hydrogen-bond donors (Lipinski definition) is 2. The average molecular weight is 425 g/mol. The SMILES string of the molecule is CCC(CC)OC1C=C(C(=O)OC2(OC(=O)C(N)C(C)C)CC2)CCC1NC(C)=O. The third-order valence-electron chi connectivity index (χ3n) is 5.61. The van der Waals surface area contributed by atoms with E-state index in [1.54, 1.807) is 6.08 Å². The largest absolute Gasteiger partial charge is 0.421 e. The molecule has 0 aromatic carbocycles. The lowest BCUT2D eigenvalue weighted by molar-refractivity contribution is -0.195. The summed E-state index contributed by atoms with van der Waals surface area (Å²) in [5.41, 5.74) is 6.31. The molecule has 1 saturated carbocycles. The van der Waals surface area contributed by atoms with Crippen molar-refractivity contribution in [1.29, 1.82) is 0 Å². The van der Waals surface area contributed by atoms with Gasteiger partial charge in [0.15, 0.2) is 0 Å². The quantitative estimate of drug-likeness (QED) is 0.408. The Hall–Kier alpha value is -1.93. The standard InChI is InChI=1S/C22H36N2O6/c1-6-16(7-2)28-18-12-15(8-9-17(18)24-14(5)25)20(26)29-22(10-11-22)30-21(27)19(23)13(3)4/h12-13,16-19H,6-11,23H2,1-5H3,(H,24,25). The third-order valence-corrected chi connectivity index (χ3v) is 5.61. The van der Waals surface area contributed by atoms with Crippen molar-refractivity contribution in [3.63, 3.8) is 0 Å². The molecule has 0 spiro atoms. The van der Waals surface area contributed by atoms with Crippen molar-refractivity contribution in [3.8, 4) is 0 Å². The van der Waals surface area contributed by atoms with Gasteiger partial charge >= 0.3 is 11.9 Å². The van der Waals surface area contributed by atoms with Crippen LogP contribution in [-0.2, 0) is 28.6 Å². The number of hydrogen-bond acceptors (Lipinski definition) is 7. The summed E-state index contributed by atoms with van der Waals surface area (Å²) < 4.78 is 17.1. The summed E-state index contributed by atoms with van der Waals surface area (Å²) in [4.78, 5) is 36.5. The molecule has 0 aromatic rings. The first kappa shape index (κ1) is 24.3. The fraction of sp³-hybridized carbons (Fsp3) is 0.773. The number of esters is 2. The smallest absolute Gasteiger partial charge is 0.337 e. The van der Waals surface area contributed by atoms with Gasteiger partial charge in [0.25, 0.3) is 5.79 Å². The molecule has 8 heteroatoms. The first-order chi connectivity index (χ1) is 14.1. The predicted octanol–water partition coefficient (Wildman–Crippen LogP) is 2.34. The Kier molecular flexibility index (Phi) is 8.43. The maximum Gasteiger partial charge on any atom is 0.337 e. The summed E-state index contributed by atoms with van der Waals surface area (Å²) in [6, 6.07) is -0.956. The van der Waals surface area contributed by atoms with Crippen LogP contribution >= 0.6 is 0 Å². The van der Waals surface area contributed by atoms with Crippen molar-refractivity contribution in [3.05, 3.63) is 11.6 Å². The van der Waals surface area contributed by atoms with Gasteiger partial charge in [-0.25, -0.2) is 4.79 Å². The monoisotopic (exact) mass is 424 g/mol. The first-order valence-electron chi connectivity index (χ1n) is 11.0. The molecule has 0 heterocycles. The summed E-state index contributed by atoms with van der Waals surface area (Å²) in [5.74, 6) is -2.49. The number of amides is 1. The van der Waals surface area contributed by atoms with E-state index in [1.165, 1.54) is 6.92 Å². The molecule has 2 aliphatic carbocycles. The second-order valence-electron chi connectivity index (χ2n) is 8.57. The van der Waals surface area contributed by atoms with E-state index in [2.05, 4.69) is 5.32 Å². The van der Waals surface area contributed by atoms with E-state index in [0.29, 0.717) is 31.3 Å². The molecule has 30 heavy (non-hydrogen) atoms. The van der Waals surface area contributed by atoms with Gasteiger partial charge in [0.1, 0.15) is 6.04 Å². The Morgan fingerprint density at radius 3 is 2.33 bits per heavy atom. The van der Waals surface area contributed by atoms with Crippen LogP contribution in [0.4, 0.5) is 0 Å². The molecule has 8 nitrogen and oxygen atoms in total. The van der Waals surface area contributed by atoms with E-state index < -0.39 is 29.9 Å². The molecule has 170 valence electrons. The van der Waals surface area contributed by atoms with Gasteiger partial charge in [-0.2, -0.15) is 0 Å². The van der Waals surface area contributed by atoms with Crippen molar-refractivity contribution in [2.75, 3.05) is 0 Å². The minimum absolute atomic E-state index is 0.0335. The number of carbonyl (C=O) groups excluding carboxylic acids is 3. The molecule has 0 bridgehead atoms. The zero-order chi connectivity index (χ0) is 22.5. The van der Waals surface area contributed by atoms with Crippen LogP contribution in [0.25, 0.3) is 0 Å². The predicted molar refractivity (Wildman–Crippen MR) is 111 cm³/mol. The van der Waals surface area contributed by atoms with Crippen molar-refractivity contribution >= 4 is 17.8 Å². The van der Waals surface area contributed by atoms with E-state index in [4.69, 9.17) is 19.9 Å². The highest BCUT2D eigenvalue weighted by Gasteiger charge is 2.52. The second kappa shape index (κ2) is 10.4. The molecule has 0 radical (unpaired) electrons. The van der Waals surface area contributed by atoms with Crippen molar-refractivity contribution < 1.29 is 28.6 Å². The average Bonchev–Trinajstić information content (AvgIpc) is 3.44. The van der Waals surface area contributed by atoms with Crippen LogP contribution in [0.3, 0.4) is 0 Å². The molecule has 2 rings (SSSR count). The van der Waals surface area contributed by atoms with E-state index in [-0.39, 0.29) is 24.0 Å². The van der Waals surface area contributed by atoms with Crippen LogP contribution in [0.2, 0.25) is 0 Å². The fourth-order valence-electron chi connectivity index (χ4n) is 3.38. The van der Waals surface area contributed by atoms with Crippen LogP contribution < -0.4 is 11.1 Å². The second-order valence-corrected chi connectivity index (χ2v) is 8.57. The van der Waals surface area contributed by atoms with E-state index in [1.807, 2.05) is 27.7 Å². The van der Waals surface area contributed by atoms with Gasteiger partial charge in [0.05, 0.1) is 18.2 Å². The van der Waals surface area contributed by atoms with Crippen molar-refractivity contribution in [2.45, 2.75) is 103 Å². The Morgan fingerprint density at radius 1 is 1.20 bits per heavy atom. The highest BCUT2D eigenvalue weighted by Crippen LogP contribution is 2.42. The van der Waals surface area contributed by atoms with Crippen LogP contribution in [0.5, 0.6) is 0 Å². The lowest BCUT2D eigenvalue weighted by Gasteiger charge is -2.33. The Morgan fingerprint density at radius 2 is 1.83 bits per heavy atom. The molecule has 3 unspecified atom stereocenters. The van der Waals surface area contributed by atoms with Gasteiger partial charge < -0.3 is 25.3 Å². The Balaban J connectivity index is 2.07. The summed E-state index contributed by atoms with van der Waals surface area (Å²) in [5, 5.41) is 2.91. The normalized spacial score (nSPS) is 23.5. The summed E-state index contributed by atoms with van der Waals surface area (Å²) >= 11 is 0. The zero-order valence-corrected chi connectivity index (χ0v) is 18.7. The summed E-state index contributed by atoms with van der Waals surface area (Å²) in [6.07, 6.45) is 4.97. The lowest BCUT2D eigenvalue weighted by Crippen LogP contribution is -2.46. The minimum atomic E-state index is -1.21. The Bertz CT molecular complexity index is 667. The summed E-state index contributed by atoms with van der Waals surface area (Å²) in [6.45, 7) is 9.20. The minimum Gasteiger partial charge on any atom is -0.421 e. The molecule has 0 aromatic heterocycles. The molecule has 3 atom stereocenters. The Labute approximate surface area is 178 Å². The number of carbonyl (C=O) groups is 3. The number of rotatable bonds is 10. The molecule has 2 aliphatic rings. The molecular formula is C22H36N2O6. The van der Waals surface area contributed by atoms with Gasteiger partial charge in [-0.1, -0.05) is 27.7 Å². The highest BCUT2D eigenvalue weighted by atomic mass is 16.7. The van der Waals surface area contributed by atoms with Crippen LogP contribution in [0, 0.1) is 5.92 Å². The van der Waals surface area contributed by atoms with E-state index in [9.17, 15) is 14.4 Å². The fourth-order valence-corrected chi connectivity index (χ4v) is 3.38. The van der Waals surface area contributed by atoms with Crippen molar-refractivity contribution in [1.82, 2.24) is 5.32 Å². The van der Waals surface area contributed by atoms with Gasteiger partial charge in [0.2, 0.25) is 5.91 Å². The molecule has 1 fully saturated rings. The lowest BCUT2D eigenvalue weighted by atomic mass is 9.92. The van der Waals surface area contributed by atoms with Gasteiger partial charge in [-0.15, -0.1) is 0 Å². The highest BCUT2D eigenvalue weighted by molar-refractivity contribution is 5.89. The van der Waals surface area contributed by atoms with Gasteiger partial charge in [-0.3, -0.25) is 9.59 Å². The number of ether oxygens (including phenoxy) is 3. The number of nitrogens with two attached hydrogens (primary N) is 1. The topological polar surface area (TPSA) is 117 Å². The first-order valence-corrected chi connectivity index (χ1v) is 11.0. The van der Waals surface area contributed by atoms with Crippen LogP contribution in [-0.4, -0.2) is 47.9 Å². The zero-order valence-electron chi connectivity index (χ0n) is 18.7. The van der Waals surface area contributed by atoms with E-state index >= 15 is 0 Å². The van der Waals surface area contributed by atoms with Crippen LogP contribution in [0.1, 0.15) is 73.1 Å². The van der Waals surface area contributed by atoms with Crippen LogP contribution in [0.15, 0.2) is 11.6 Å². The molecular weight excluding hydrogens is 388 g/mol. The maximum atomic E-state index is 12.8. The molecule has 0 saturated heterocycles. The van der Waals surface area contributed by atoms with E-state index in [0.717, 1.165) is 12.8 Å².